The molecule has 0 N–H and O–H groups in total. The fraction of sp³-hybridized carbons (Fsp3) is 0.619. The number of carbonyl (C=O) groups excluding carboxylic acids is 2. The van der Waals surface area contributed by atoms with E-state index >= 15 is 0 Å². The van der Waals surface area contributed by atoms with Gasteiger partial charge >= 0.3 is 6.09 Å². The van der Waals surface area contributed by atoms with Crippen molar-refractivity contribution in [2.45, 2.75) is 45.1 Å². The van der Waals surface area contributed by atoms with Crippen molar-refractivity contribution in [3.63, 3.8) is 0 Å². The van der Waals surface area contributed by atoms with E-state index in [-0.39, 0.29) is 17.9 Å². The van der Waals surface area contributed by atoms with Crippen molar-refractivity contribution in [3.8, 4) is 5.75 Å². The maximum Gasteiger partial charge on any atom is 0.410 e. The third-order valence-corrected chi connectivity index (χ3v) is 5.90. The lowest BCUT2D eigenvalue weighted by atomic mass is 9.90. The Morgan fingerprint density at radius 3 is 2.50 bits per heavy atom. The number of rotatable bonds is 4. The Bertz CT molecular complexity index is 740. The van der Waals surface area contributed by atoms with Crippen molar-refractivity contribution in [3.05, 3.63) is 28.2 Å². The summed E-state index contributed by atoms with van der Waals surface area (Å²) in [5, 5.41) is 0. The van der Waals surface area contributed by atoms with Gasteiger partial charge in [0.2, 0.25) is 5.91 Å². The highest BCUT2D eigenvalue weighted by atomic mass is 79.9. The fourth-order valence-corrected chi connectivity index (χ4v) is 4.26. The molecule has 0 unspecified atom stereocenters. The van der Waals surface area contributed by atoms with E-state index in [0.29, 0.717) is 25.4 Å². The van der Waals surface area contributed by atoms with Crippen molar-refractivity contribution < 1.29 is 19.1 Å². The Morgan fingerprint density at radius 1 is 1.18 bits per heavy atom. The smallest absolute Gasteiger partial charge is 0.410 e. The van der Waals surface area contributed by atoms with E-state index < -0.39 is 5.60 Å². The first-order valence-electron chi connectivity index (χ1n) is 9.75. The summed E-state index contributed by atoms with van der Waals surface area (Å²) in [6.45, 7) is 8.36. The van der Waals surface area contributed by atoms with E-state index in [0.717, 1.165) is 29.7 Å². The number of ether oxygens (including phenoxy) is 2. The third kappa shape index (κ3) is 4.99. The molecule has 2 amide bonds. The lowest BCUT2D eigenvalue weighted by molar-refractivity contribution is -0.136. The minimum absolute atomic E-state index is 0.180. The van der Waals surface area contributed by atoms with Crippen LogP contribution in [0, 0.1) is 5.92 Å². The summed E-state index contributed by atoms with van der Waals surface area (Å²) < 4.78 is 11.6. The van der Waals surface area contributed by atoms with E-state index in [2.05, 4.69) is 28.1 Å². The van der Waals surface area contributed by atoms with Crippen LogP contribution >= 0.6 is 15.9 Å². The number of nitrogens with zero attached hydrogens (tertiary/aromatic N) is 2. The van der Waals surface area contributed by atoms with Crippen LogP contribution in [0.25, 0.3) is 0 Å². The van der Waals surface area contributed by atoms with Crippen LogP contribution in [0.2, 0.25) is 0 Å². The van der Waals surface area contributed by atoms with Crippen LogP contribution in [-0.4, -0.2) is 60.7 Å². The standard InChI is InChI=1S/C21H29BrN2O4/c1-21(2,3)28-20(26)23-8-7-14(11-23)9-19(25)24-12-16(13-24)15-5-6-18(27-4)17(22)10-15/h5-6,10,14,16H,7-9,11-13H2,1-4H3/t14-/m0/s1. The molecule has 28 heavy (non-hydrogen) atoms. The molecule has 1 aromatic carbocycles. The zero-order valence-electron chi connectivity index (χ0n) is 17.0. The molecule has 7 heteroatoms. The molecule has 0 radical (unpaired) electrons. The predicted octanol–water partition coefficient (Wildman–Crippen LogP) is 4.03. The molecule has 0 aliphatic carbocycles. The number of hydrogen-bond acceptors (Lipinski definition) is 4. The molecule has 2 fully saturated rings. The van der Waals surface area contributed by atoms with Crippen LogP contribution < -0.4 is 4.74 Å². The molecule has 2 saturated heterocycles. The fourth-order valence-electron chi connectivity index (χ4n) is 3.70. The minimum atomic E-state index is -0.492. The van der Waals surface area contributed by atoms with E-state index in [1.807, 2.05) is 31.7 Å². The van der Waals surface area contributed by atoms with Gasteiger partial charge in [-0.25, -0.2) is 4.79 Å². The van der Waals surface area contributed by atoms with Gasteiger partial charge in [0.1, 0.15) is 11.4 Å². The van der Waals surface area contributed by atoms with Crippen molar-refractivity contribution in [2.24, 2.45) is 5.92 Å². The second-order valence-electron chi connectivity index (χ2n) is 8.67. The highest BCUT2D eigenvalue weighted by Crippen LogP contribution is 2.34. The summed E-state index contributed by atoms with van der Waals surface area (Å²) in [7, 11) is 1.65. The van der Waals surface area contributed by atoms with Gasteiger partial charge in [-0.15, -0.1) is 0 Å². The Balaban J connectivity index is 1.45. The quantitative estimate of drug-likeness (QED) is 0.691. The second kappa shape index (κ2) is 8.31. The number of methoxy groups -OCH3 is 1. The molecule has 154 valence electrons. The van der Waals surface area contributed by atoms with E-state index in [1.165, 1.54) is 5.56 Å². The van der Waals surface area contributed by atoms with Gasteiger partial charge in [0.15, 0.2) is 0 Å². The van der Waals surface area contributed by atoms with Crippen LogP contribution in [-0.2, 0) is 9.53 Å². The minimum Gasteiger partial charge on any atom is -0.496 e. The molecule has 3 rings (SSSR count). The molecule has 1 atom stereocenters. The Hall–Kier alpha value is -1.76. The van der Waals surface area contributed by atoms with Crippen LogP contribution in [0.1, 0.15) is 45.1 Å². The molecule has 0 spiro atoms. The Labute approximate surface area is 175 Å². The van der Waals surface area contributed by atoms with Gasteiger partial charge in [-0.05, 0) is 66.7 Å². The molecule has 2 heterocycles. The number of amides is 2. The highest BCUT2D eigenvalue weighted by molar-refractivity contribution is 9.10. The van der Waals surface area contributed by atoms with Crippen LogP contribution in [0.3, 0.4) is 0 Å². The van der Waals surface area contributed by atoms with Crippen molar-refractivity contribution in [1.82, 2.24) is 9.80 Å². The van der Waals surface area contributed by atoms with Gasteiger partial charge in [0.25, 0.3) is 0 Å². The molecular weight excluding hydrogens is 424 g/mol. The van der Waals surface area contributed by atoms with Crippen LogP contribution in [0.5, 0.6) is 5.75 Å². The first-order valence-corrected chi connectivity index (χ1v) is 10.5. The molecule has 0 bridgehead atoms. The normalized spacial score (nSPS) is 20.1. The number of likely N-dealkylation sites (tertiary alicyclic amines) is 2. The monoisotopic (exact) mass is 452 g/mol. The van der Waals surface area contributed by atoms with Crippen molar-refractivity contribution in [1.29, 1.82) is 0 Å². The number of carbonyl (C=O) groups is 2. The third-order valence-electron chi connectivity index (χ3n) is 5.28. The van der Waals surface area contributed by atoms with Crippen LogP contribution in [0.15, 0.2) is 22.7 Å². The average molecular weight is 453 g/mol. The van der Waals surface area contributed by atoms with Crippen molar-refractivity contribution in [2.75, 3.05) is 33.3 Å². The molecule has 6 nitrogen and oxygen atoms in total. The van der Waals surface area contributed by atoms with Gasteiger partial charge in [-0.2, -0.15) is 0 Å². The second-order valence-corrected chi connectivity index (χ2v) is 9.53. The van der Waals surface area contributed by atoms with Gasteiger partial charge in [0.05, 0.1) is 11.6 Å². The van der Waals surface area contributed by atoms with Gasteiger partial charge < -0.3 is 19.3 Å². The number of benzene rings is 1. The lowest BCUT2D eigenvalue weighted by Crippen LogP contribution is -2.49. The van der Waals surface area contributed by atoms with E-state index in [9.17, 15) is 9.59 Å². The Kier molecular flexibility index (Phi) is 6.22. The van der Waals surface area contributed by atoms with Gasteiger partial charge in [-0.3, -0.25) is 4.79 Å². The maximum atomic E-state index is 12.6. The first kappa shape index (κ1) is 21.0. The predicted molar refractivity (Wildman–Crippen MR) is 111 cm³/mol. The molecule has 2 aliphatic rings. The molecule has 0 saturated carbocycles. The summed E-state index contributed by atoms with van der Waals surface area (Å²) in [6.07, 6.45) is 1.07. The summed E-state index contributed by atoms with van der Waals surface area (Å²) in [5.74, 6) is 1.58. The average Bonchev–Trinajstić information content (AvgIpc) is 3.00. The van der Waals surface area contributed by atoms with E-state index in [1.54, 1.807) is 12.0 Å². The number of halogens is 1. The molecule has 0 aromatic heterocycles. The zero-order chi connectivity index (χ0) is 20.5. The topological polar surface area (TPSA) is 59.1 Å². The SMILES string of the molecule is COc1ccc(C2CN(C(=O)C[C@@H]3CCN(C(=O)OC(C)(C)C)C3)C2)cc1Br. The van der Waals surface area contributed by atoms with Crippen molar-refractivity contribution >= 4 is 27.9 Å². The summed E-state index contributed by atoms with van der Waals surface area (Å²) in [4.78, 5) is 28.4. The zero-order valence-corrected chi connectivity index (χ0v) is 18.6. The van der Waals surface area contributed by atoms with Crippen LogP contribution in [0.4, 0.5) is 4.79 Å². The Morgan fingerprint density at radius 2 is 1.89 bits per heavy atom. The van der Waals surface area contributed by atoms with Gasteiger partial charge in [-0.1, -0.05) is 6.07 Å². The summed E-state index contributed by atoms with van der Waals surface area (Å²) >= 11 is 3.52. The van der Waals surface area contributed by atoms with E-state index in [4.69, 9.17) is 9.47 Å². The number of hydrogen-bond donors (Lipinski definition) is 0. The highest BCUT2D eigenvalue weighted by Gasteiger charge is 2.35. The molecular formula is C21H29BrN2O4. The molecule has 2 aliphatic heterocycles. The summed E-state index contributed by atoms with van der Waals surface area (Å²) in [6, 6.07) is 6.08. The maximum absolute atomic E-state index is 12.6. The largest absolute Gasteiger partial charge is 0.496 e. The van der Waals surface area contributed by atoms with Gasteiger partial charge in [0, 0.05) is 38.5 Å². The molecule has 1 aromatic rings. The lowest BCUT2D eigenvalue weighted by Gasteiger charge is -2.40. The summed E-state index contributed by atoms with van der Waals surface area (Å²) in [5.41, 5.74) is 0.724. The first-order chi connectivity index (χ1) is 13.2.